The average Bonchev–Trinajstić information content (AvgIpc) is 2.82. The third kappa shape index (κ3) is 5.09. The molecule has 0 aliphatic carbocycles. The number of ether oxygens (including phenoxy) is 1. The van der Waals surface area contributed by atoms with E-state index >= 15 is 0 Å². The summed E-state index contributed by atoms with van der Waals surface area (Å²) in [5, 5.41) is 3.46. The van der Waals surface area contributed by atoms with Crippen molar-refractivity contribution < 1.29 is 26.7 Å². The lowest BCUT2D eigenvalue weighted by Gasteiger charge is -2.13. The standard InChI is InChI=1S/C23H18F5N5O/c1-2-34-12-18-32-21(30-14-7-5-13(6-8-14)20(24)25)15-9-10-17(31-22(15)33-18)19-16(23(26,27)28)4-3-11-29-19/h3-11,20H,2,12H2,1H3,(H,30,31,32,33). The zero-order valence-corrected chi connectivity index (χ0v) is 17.8. The molecule has 0 saturated carbocycles. The summed E-state index contributed by atoms with van der Waals surface area (Å²) in [6.07, 6.45) is -5.95. The molecule has 0 bridgehead atoms. The number of benzene rings is 1. The number of aromatic nitrogens is 4. The summed E-state index contributed by atoms with van der Waals surface area (Å²) in [7, 11) is 0. The van der Waals surface area contributed by atoms with Crippen LogP contribution < -0.4 is 5.32 Å². The highest BCUT2D eigenvalue weighted by Gasteiger charge is 2.34. The van der Waals surface area contributed by atoms with Crippen LogP contribution in [0.2, 0.25) is 0 Å². The van der Waals surface area contributed by atoms with Crippen molar-refractivity contribution in [3.8, 4) is 11.4 Å². The highest BCUT2D eigenvalue weighted by molar-refractivity contribution is 5.90. The molecule has 1 aromatic carbocycles. The van der Waals surface area contributed by atoms with Gasteiger partial charge in [-0.3, -0.25) is 4.98 Å². The van der Waals surface area contributed by atoms with Crippen LogP contribution >= 0.6 is 0 Å². The summed E-state index contributed by atoms with van der Waals surface area (Å²) in [5.74, 6) is 0.559. The topological polar surface area (TPSA) is 72.8 Å². The highest BCUT2D eigenvalue weighted by Crippen LogP contribution is 2.36. The molecule has 176 valence electrons. The van der Waals surface area contributed by atoms with E-state index in [2.05, 4.69) is 25.3 Å². The molecule has 0 aliphatic rings. The fourth-order valence-electron chi connectivity index (χ4n) is 3.23. The lowest BCUT2D eigenvalue weighted by molar-refractivity contribution is -0.137. The second-order valence-electron chi connectivity index (χ2n) is 7.14. The van der Waals surface area contributed by atoms with Crippen LogP contribution in [0.25, 0.3) is 22.4 Å². The maximum Gasteiger partial charge on any atom is 0.418 e. The molecule has 0 amide bonds. The number of nitrogens with one attached hydrogen (secondary N) is 1. The van der Waals surface area contributed by atoms with Crippen LogP contribution in [-0.4, -0.2) is 26.5 Å². The summed E-state index contributed by atoms with van der Waals surface area (Å²) < 4.78 is 71.5. The molecule has 1 N–H and O–H groups in total. The number of pyridine rings is 2. The molecule has 0 saturated heterocycles. The molecule has 4 rings (SSSR count). The summed E-state index contributed by atoms with van der Waals surface area (Å²) in [5.41, 5.74) is -0.750. The van der Waals surface area contributed by atoms with Gasteiger partial charge in [-0.05, 0) is 43.3 Å². The third-order valence-electron chi connectivity index (χ3n) is 4.82. The van der Waals surface area contributed by atoms with Crippen molar-refractivity contribution in [2.45, 2.75) is 26.1 Å². The predicted octanol–water partition coefficient (Wildman–Crippen LogP) is 6.32. The maximum absolute atomic E-state index is 13.5. The van der Waals surface area contributed by atoms with Crippen molar-refractivity contribution >= 4 is 22.5 Å². The van der Waals surface area contributed by atoms with Crippen molar-refractivity contribution in [2.24, 2.45) is 0 Å². The minimum atomic E-state index is -4.61. The average molecular weight is 475 g/mol. The van der Waals surface area contributed by atoms with Gasteiger partial charge in [0, 0.05) is 24.1 Å². The summed E-state index contributed by atoms with van der Waals surface area (Å²) in [6.45, 7) is 2.24. The van der Waals surface area contributed by atoms with Crippen LogP contribution in [0.15, 0.2) is 54.7 Å². The fourth-order valence-corrected chi connectivity index (χ4v) is 3.23. The van der Waals surface area contributed by atoms with Crippen LogP contribution in [-0.2, 0) is 17.5 Å². The largest absolute Gasteiger partial charge is 0.418 e. The molecule has 0 fully saturated rings. The van der Waals surface area contributed by atoms with Crippen LogP contribution in [0.4, 0.5) is 33.5 Å². The van der Waals surface area contributed by atoms with Gasteiger partial charge >= 0.3 is 6.18 Å². The number of hydrogen-bond donors (Lipinski definition) is 1. The monoisotopic (exact) mass is 475 g/mol. The van der Waals surface area contributed by atoms with Gasteiger partial charge in [0.25, 0.3) is 6.43 Å². The van der Waals surface area contributed by atoms with Gasteiger partial charge < -0.3 is 10.1 Å². The first-order chi connectivity index (χ1) is 16.3. The van der Waals surface area contributed by atoms with Crippen molar-refractivity contribution in [3.63, 3.8) is 0 Å². The number of anilines is 2. The molecule has 3 aromatic heterocycles. The SMILES string of the molecule is CCOCc1nc(Nc2ccc(C(F)F)cc2)c2ccc(-c3ncccc3C(F)(F)F)nc2n1. The fraction of sp³-hybridized carbons (Fsp3) is 0.217. The van der Waals surface area contributed by atoms with Gasteiger partial charge in [-0.25, -0.2) is 23.7 Å². The van der Waals surface area contributed by atoms with Gasteiger partial charge in [-0.1, -0.05) is 12.1 Å². The number of nitrogens with zero attached hydrogens (tertiary/aromatic N) is 4. The Labute approximate surface area is 190 Å². The van der Waals surface area contributed by atoms with Crippen LogP contribution in [0.1, 0.15) is 30.3 Å². The van der Waals surface area contributed by atoms with Gasteiger partial charge in [-0.2, -0.15) is 13.2 Å². The zero-order valence-electron chi connectivity index (χ0n) is 17.8. The van der Waals surface area contributed by atoms with Gasteiger partial charge in [0.1, 0.15) is 18.1 Å². The van der Waals surface area contributed by atoms with E-state index in [0.29, 0.717) is 23.5 Å². The molecule has 11 heteroatoms. The Bertz CT molecular complexity index is 1300. The Kier molecular flexibility index (Phi) is 6.64. The first kappa shape index (κ1) is 23.4. The zero-order chi connectivity index (χ0) is 24.3. The molecule has 6 nitrogen and oxygen atoms in total. The number of halogens is 5. The minimum absolute atomic E-state index is 0.00581. The van der Waals surface area contributed by atoms with Gasteiger partial charge in [-0.15, -0.1) is 0 Å². The first-order valence-electron chi connectivity index (χ1n) is 10.2. The van der Waals surface area contributed by atoms with Crippen molar-refractivity contribution in [2.75, 3.05) is 11.9 Å². The molecular formula is C23H18F5N5O. The van der Waals surface area contributed by atoms with Gasteiger partial charge in [0.05, 0.1) is 16.6 Å². The first-order valence-corrected chi connectivity index (χ1v) is 10.2. The third-order valence-corrected chi connectivity index (χ3v) is 4.82. The Morgan fingerprint density at radius 2 is 1.74 bits per heavy atom. The molecule has 0 unspecified atom stereocenters. The van der Waals surface area contributed by atoms with Gasteiger partial charge in [0.15, 0.2) is 11.5 Å². The molecule has 34 heavy (non-hydrogen) atoms. The van der Waals surface area contributed by atoms with E-state index in [1.165, 1.54) is 48.7 Å². The molecule has 4 aromatic rings. The Balaban J connectivity index is 1.79. The molecule has 0 aliphatic heterocycles. The predicted molar refractivity (Wildman–Crippen MR) is 116 cm³/mol. The second kappa shape index (κ2) is 9.64. The molecular weight excluding hydrogens is 457 g/mol. The second-order valence-corrected chi connectivity index (χ2v) is 7.14. The van der Waals surface area contributed by atoms with E-state index in [-0.39, 0.29) is 35.0 Å². The molecule has 0 atom stereocenters. The Morgan fingerprint density at radius 1 is 0.971 bits per heavy atom. The van der Waals surface area contributed by atoms with Crippen LogP contribution in [0, 0.1) is 0 Å². The number of rotatable bonds is 7. The van der Waals surface area contributed by atoms with Crippen LogP contribution in [0.3, 0.4) is 0 Å². The van der Waals surface area contributed by atoms with Gasteiger partial charge in [0.2, 0.25) is 0 Å². The van der Waals surface area contributed by atoms with E-state index in [1.807, 2.05) is 0 Å². The van der Waals surface area contributed by atoms with E-state index in [4.69, 9.17) is 4.74 Å². The quantitative estimate of drug-likeness (QED) is 0.315. The highest BCUT2D eigenvalue weighted by atomic mass is 19.4. The number of fused-ring (bicyclic) bond motifs is 1. The smallest absolute Gasteiger partial charge is 0.374 e. The molecule has 0 spiro atoms. The summed E-state index contributed by atoms with van der Waals surface area (Å²) in [4.78, 5) is 17.0. The Hall–Kier alpha value is -3.73. The number of alkyl halides is 5. The minimum Gasteiger partial charge on any atom is -0.374 e. The Morgan fingerprint density at radius 3 is 2.41 bits per heavy atom. The maximum atomic E-state index is 13.5. The molecule has 0 radical (unpaired) electrons. The summed E-state index contributed by atoms with van der Waals surface area (Å²) in [6, 6.07) is 10.6. The van der Waals surface area contributed by atoms with Crippen molar-refractivity contribution in [3.05, 3.63) is 71.7 Å². The van der Waals surface area contributed by atoms with Crippen LogP contribution in [0.5, 0.6) is 0 Å². The van der Waals surface area contributed by atoms with E-state index in [9.17, 15) is 22.0 Å². The van der Waals surface area contributed by atoms with E-state index in [1.54, 1.807) is 6.92 Å². The van der Waals surface area contributed by atoms with Crippen molar-refractivity contribution in [1.29, 1.82) is 0 Å². The summed E-state index contributed by atoms with van der Waals surface area (Å²) >= 11 is 0. The van der Waals surface area contributed by atoms with E-state index in [0.717, 1.165) is 6.07 Å². The molecule has 3 heterocycles. The van der Waals surface area contributed by atoms with E-state index < -0.39 is 18.2 Å². The lowest BCUT2D eigenvalue weighted by Crippen LogP contribution is -2.09. The van der Waals surface area contributed by atoms with Crippen molar-refractivity contribution in [1.82, 2.24) is 19.9 Å². The lowest BCUT2D eigenvalue weighted by atomic mass is 10.1. The number of hydrogen-bond acceptors (Lipinski definition) is 6. The normalized spacial score (nSPS) is 11.9.